The molecule has 0 bridgehead atoms. The molecular formula is C18H20BrNO2. The highest BCUT2D eigenvalue weighted by molar-refractivity contribution is 9.10. The summed E-state index contributed by atoms with van der Waals surface area (Å²) < 4.78 is 6.16. The van der Waals surface area contributed by atoms with Gasteiger partial charge in [-0.1, -0.05) is 67.0 Å². The van der Waals surface area contributed by atoms with Crippen LogP contribution in [0.3, 0.4) is 0 Å². The van der Waals surface area contributed by atoms with Gasteiger partial charge in [-0.15, -0.1) is 0 Å². The van der Waals surface area contributed by atoms with Crippen LogP contribution in [0.15, 0.2) is 53.0 Å². The molecule has 0 saturated carbocycles. The Bertz CT molecular complexity index is 648. The number of benzene rings is 2. The molecule has 1 amide bonds. The number of ether oxygens (including phenoxy) is 1. The van der Waals surface area contributed by atoms with Gasteiger partial charge in [0.1, 0.15) is 6.61 Å². The predicted molar refractivity (Wildman–Crippen MR) is 93.1 cm³/mol. The summed E-state index contributed by atoms with van der Waals surface area (Å²) in [4.78, 5) is 11.9. The summed E-state index contributed by atoms with van der Waals surface area (Å²) in [6.07, 6.45) is -0.457. The van der Waals surface area contributed by atoms with Crippen molar-refractivity contribution in [2.45, 2.75) is 32.8 Å². The number of rotatable bonds is 3. The highest BCUT2D eigenvalue weighted by atomic mass is 79.9. The number of hydrogen-bond acceptors (Lipinski definition) is 2. The first kappa shape index (κ1) is 16.6. The van der Waals surface area contributed by atoms with Crippen LogP contribution in [0.1, 0.15) is 31.9 Å². The maximum atomic E-state index is 11.9. The van der Waals surface area contributed by atoms with E-state index in [4.69, 9.17) is 4.74 Å². The number of carbonyl (C=O) groups excluding carboxylic acids is 1. The van der Waals surface area contributed by atoms with Crippen LogP contribution >= 0.6 is 15.9 Å². The predicted octanol–water partition coefficient (Wildman–Crippen LogP) is 5.50. The van der Waals surface area contributed by atoms with Crippen molar-refractivity contribution in [2.24, 2.45) is 0 Å². The largest absolute Gasteiger partial charge is 0.444 e. The molecule has 116 valence electrons. The van der Waals surface area contributed by atoms with E-state index >= 15 is 0 Å². The third kappa shape index (κ3) is 4.88. The van der Waals surface area contributed by atoms with Crippen LogP contribution in [0.2, 0.25) is 0 Å². The number of carbonyl (C=O) groups is 1. The molecule has 2 aromatic rings. The fraction of sp³-hybridized carbons (Fsp3) is 0.278. The van der Waals surface area contributed by atoms with Crippen molar-refractivity contribution in [3.05, 3.63) is 64.1 Å². The van der Waals surface area contributed by atoms with Crippen molar-refractivity contribution in [3.63, 3.8) is 0 Å². The van der Waals surface area contributed by atoms with E-state index < -0.39 is 6.09 Å². The lowest BCUT2D eigenvalue weighted by Crippen LogP contribution is -2.15. The minimum atomic E-state index is -0.457. The first-order valence-corrected chi connectivity index (χ1v) is 7.93. The molecule has 0 aliphatic heterocycles. The molecule has 0 saturated heterocycles. The fourth-order valence-electron chi connectivity index (χ4n) is 1.97. The van der Waals surface area contributed by atoms with Crippen molar-refractivity contribution >= 4 is 27.7 Å². The zero-order chi connectivity index (χ0) is 16.2. The van der Waals surface area contributed by atoms with Gasteiger partial charge >= 0.3 is 6.09 Å². The molecule has 0 atom stereocenters. The van der Waals surface area contributed by atoms with Gasteiger partial charge in [-0.25, -0.2) is 4.79 Å². The van der Waals surface area contributed by atoms with E-state index in [1.807, 2.05) is 42.5 Å². The van der Waals surface area contributed by atoms with Crippen LogP contribution in [-0.4, -0.2) is 6.09 Å². The molecular weight excluding hydrogens is 342 g/mol. The van der Waals surface area contributed by atoms with E-state index in [-0.39, 0.29) is 12.0 Å². The first-order valence-electron chi connectivity index (χ1n) is 7.13. The average molecular weight is 362 g/mol. The quantitative estimate of drug-likeness (QED) is 0.784. The van der Waals surface area contributed by atoms with Crippen molar-refractivity contribution in [3.8, 4) is 0 Å². The molecule has 2 aromatic carbocycles. The Morgan fingerprint density at radius 1 is 1.14 bits per heavy atom. The molecule has 0 heterocycles. The summed E-state index contributed by atoms with van der Waals surface area (Å²) in [6, 6.07) is 15.5. The maximum Gasteiger partial charge on any atom is 0.411 e. The van der Waals surface area contributed by atoms with E-state index in [1.165, 1.54) is 0 Å². The van der Waals surface area contributed by atoms with Gasteiger partial charge < -0.3 is 4.74 Å². The molecule has 0 fully saturated rings. The van der Waals surface area contributed by atoms with E-state index in [9.17, 15) is 4.79 Å². The van der Waals surface area contributed by atoms with Crippen molar-refractivity contribution in [2.75, 3.05) is 5.32 Å². The zero-order valence-electron chi connectivity index (χ0n) is 13.0. The smallest absolute Gasteiger partial charge is 0.411 e. The van der Waals surface area contributed by atoms with E-state index in [0.29, 0.717) is 0 Å². The van der Waals surface area contributed by atoms with Gasteiger partial charge in [-0.3, -0.25) is 5.32 Å². The van der Waals surface area contributed by atoms with Crippen LogP contribution < -0.4 is 5.32 Å². The topological polar surface area (TPSA) is 38.3 Å². The summed E-state index contributed by atoms with van der Waals surface area (Å²) >= 11 is 3.48. The number of anilines is 1. The Balaban J connectivity index is 2.01. The Morgan fingerprint density at radius 2 is 1.82 bits per heavy atom. The number of hydrogen-bond donors (Lipinski definition) is 1. The van der Waals surface area contributed by atoms with Crippen LogP contribution in [-0.2, 0) is 16.8 Å². The second kappa shape index (κ2) is 6.97. The Hall–Kier alpha value is -1.81. The number of nitrogens with one attached hydrogen (secondary N) is 1. The van der Waals surface area contributed by atoms with Crippen LogP contribution in [0.25, 0.3) is 0 Å². The average Bonchev–Trinajstić information content (AvgIpc) is 2.45. The molecule has 0 radical (unpaired) electrons. The second-order valence-electron chi connectivity index (χ2n) is 6.17. The third-order valence-corrected chi connectivity index (χ3v) is 3.68. The van der Waals surface area contributed by atoms with Gasteiger partial charge in [-0.05, 0) is 34.7 Å². The van der Waals surface area contributed by atoms with Crippen LogP contribution in [0.5, 0.6) is 0 Å². The Labute approximate surface area is 139 Å². The van der Waals surface area contributed by atoms with Gasteiger partial charge in [0.15, 0.2) is 0 Å². The third-order valence-electron chi connectivity index (χ3n) is 3.22. The fourth-order valence-corrected chi connectivity index (χ4v) is 2.47. The van der Waals surface area contributed by atoms with Crippen molar-refractivity contribution < 1.29 is 9.53 Å². The summed E-state index contributed by atoms with van der Waals surface area (Å²) in [5.41, 5.74) is 2.83. The molecule has 1 N–H and O–H groups in total. The van der Waals surface area contributed by atoms with Gasteiger partial charge in [0.05, 0.1) is 0 Å². The Morgan fingerprint density at radius 3 is 2.45 bits per heavy atom. The molecule has 3 nitrogen and oxygen atoms in total. The van der Waals surface area contributed by atoms with E-state index in [1.54, 1.807) is 0 Å². The van der Waals surface area contributed by atoms with Gasteiger partial charge in [0.2, 0.25) is 0 Å². The monoisotopic (exact) mass is 361 g/mol. The van der Waals surface area contributed by atoms with Crippen LogP contribution in [0, 0.1) is 0 Å². The highest BCUT2D eigenvalue weighted by Crippen LogP contribution is 2.28. The van der Waals surface area contributed by atoms with Gasteiger partial charge in [-0.2, -0.15) is 0 Å². The highest BCUT2D eigenvalue weighted by Gasteiger charge is 2.15. The molecule has 22 heavy (non-hydrogen) atoms. The lowest BCUT2D eigenvalue weighted by molar-refractivity contribution is 0.155. The summed E-state index contributed by atoms with van der Waals surface area (Å²) in [5.74, 6) is 0. The van der Waals surface area contributed by atoms with Crippen LogP contribution in [0.4, 0.5) is 10.5 Å². The minimum absolute atomic E-state index is 0.00809. The molecule has 4 heteroatoms. The summed E-state index contributed by atoms with van der Waals surface area (Å²) in [6.45, 7) is 6.65. The zero-order valence-corrected chi connectivity index (χ0v) is 14.6. The second-order valence-corrected chi connectivity index (χ2v) is 7.08. The number of amides is 1. The Kier molecular flexibility index (Phi) is 5.24. The van der Waals surface area contributed by atoms with E-state index in [2.05, 4.69) is 48.1 Å². The normalized spacial score (nSPS) is 11.1. The number of halogens is 1. The standard InChI is InChI=1S/C18H20BrNO2/c1-18(2,3)14-9-15(19)11-16(10-14)20-17(21)22-12-13-7-5-4-6-8-13/h4-11H,12H2,1-3H3,(H,20,21). The summed E-state index contributed by atoms with van der Waals surface area (Å²) in [7, 11) is 0. The van der Waals surface area contributed by atoms with Crippen molar-refractivity contribution in [1.29, 1.82) is 0 Å². The summed E-state index contributed by atoms with van der Waals surface area (Å²) in [5, 5.41) is 2.77. The lowest BCUT2D eigenvalue weighted by Gasteiger charge is -2.20. The molecule has 0 aromatic heterocycles. The molecule has 0 aliphatic carbocycles. The minimum Gasteiger partial charge on any atom is -0.444 e. The molecule has 2 rings (SSSR count). The van der Waals surface area contributed by atoms with Crippen molar-refractivity contribution in [1.82, 2.24) is 0 Å². The van der Waals surface area contributed by atoms with Gasteiger partial charge in [0.25, 0.3) is 0 Å². The maximum absolute atomic E-state index is 11.9. The van der Waals surface area contributed by atoms with E-state index in [0.717, 1.165) is 21.3 Å². The molecule has 0 spiro atoms. The molecule has 0 aliphatic rings. The van der Waals surface area contributed by atoms with Gasteiger partial charge in [0, 0.05) is 10.2 Å². The SMILES string of the molecule is CC(C)(C)c1cc(Br)cc(NC(=O)OCc2ccccc2)c1. The lowest BCUT2D eigenvalue weighted by atomic mass is 9.87. The molecule has 0 unspecified atom stereocenters. The first-order chi connectivity index (χ1) is 10.3.